The van der Waals surface area contributed by atoms with Crippen molar-refractivity contribution in [3.63, 3.8) is 0 Å². The Morgan fingerprint density at radius 2 is 2.26 bits per heavy atom. The molecule has 1 aromatic carbocycles. The minimum Gasteiger partial charge on any atom is -0.496 e. The molecule has 4 rings (SSSR count). The number of hydrogen-bond acceptors (Lipinski definition) is 6. The van der Waals surface area contributed by atoms with Crippen LogP contribution in [0.15, 0.2) is 56.8 Å². The average molecular weight is 499 g/mol. The van der Waals surface area contributed by atoms with Gasteiger partial charge in [0.25, 0.3) is 0 Å². The summed E-state index contributed by atoms with van der Waals surface area (Å²) in [5, 5.41) is 6.72. The van der Waals surface area contributed by atoms with E-state index in [0.29, 0.717) is 23.9 Å². The van der Waals surface area contributed by atoms with Crippen LogP contribution in [0.3, 0.4) is 0 Å². The molecule has 158 valence electrons. The lowest BCUT2D eigenvalue weighted by atomic mass is 9.87. The summed E-state index contributed by atoms with van der Waals surface area (Å²) < 4.78 is 19.2. The van der Waals surface area contributed by atoms with E-state index in [1.54, 1.807) is 23.1 Å². The fourth-order valence-electron chi connectivity index (χ4n) is 3.46. The van der Waals surface area contributed by atoms with Gasteiger partial charge in [0.1, 0.15) is 11.4 Å². The molecule has 0 bridgehead atoms. The lowest BCUT2D eigenvalue weighted by Crippen LogP contribution is -2.16. The lowest BCUT2D eigenvalue weighted by molar-refractivity contribution is 0.329. The van der Waals surface area contributed by atoms with Crippen molar-refractivity contribution in [2.24, 2.45) is 12.0 Å². The van der Waals surface area contributed by atoms with Gasteiger partial charge >= 0.3 is 0 Å². The quantitative estimate of drug-likeness (QED) is 0.252. The molecule has 7 nitrogen and oxygen atoms in total. The maximum Gasteiger partial charge on any atom is 0.237 e. The molecule has 31 heavy (non-hydrogen) atoms. The number of rotatable bonds is 6. The summed E-state index contributed by atoms with van der Waals surface area (Å²) in [7, 11) is 3.44. The first-order valence-electron chi connectivity index (χ1n) is 9.46. The van der Waals surface area contributed by atoms with Gasteiger partial charge in [0.2, 0.25) is 17.5 Å². The monoisotopic (exact) mass is 498 g/mol. The molecule has 0 fully saturated rings. The zero-order chi connectivity index (χ0) is 22.0. The molecule has 9 heteroatoms. The number of fused-ring (bicyclic) bond motifs is 1. The third-order valence-electron chi connectivity index (χ3n) is 4.80. The van der Waals surface area contributed by atoms with Crippen molar-refractivity contribution in [3.8, 4) is 22.2 Å². The maximum atomic E-state index is 7.92. The Balaban J connectivity index is 1.96. The molecule has 0 saturated heterocycles. The highest BCUT2D eigenvalue weighted by Gasteiger charge is 2.38. The number of aromatic nitrogens is 2. The zero-order valence-electron chi connectivity index (χ0n) is 17.1. The third kappa shape index (κ3) is 3.84. The van der Waals surface area contributed by atoms with Crippen molar-refractivity contribution in [1.29, 1.82) is 0 Å². The van der Waals surface area contributed by atoms with E-state index in [1.807, 2.05) is 49.7 Å². The van der Waals surface area contributed by atoms with Crippen molar-refractivity contribution in [1.82, 2.24) is 9.78 Å². The largest absolute Gasteiger partial charge is 0.496 e. The fourth-order valence-corrected chi connectivity index (χ4v) is 4.74. The first-order chi connectivity index (χ1) is 15.1. The van der Waals surface area contributed by atoms with Crippen LogP contribution in [-0.4, -0.2) is 29.9 Å². The van der Waals surface area contributed by atoms with Gasteiger partial charge in [-0.15, -0.1) is 11.3 Å². The summed E-state index contributed by atoms with van der Waals surface area (Å²) in [6.07, 6.45) is 1.31. The number of methoxy groups -OCH3 is 1. The molecular formula is C22H19BrN4O3S. The van der Waals surface area contributed by atoms with Crippen LogP contribution in [0.4, 0.5) is 0 Å². The Morgan fingerprint density at radius 3 is 2.90 bits per heavy atom. The Kier molecular flexibility index (Phi) is 6.11. The minimum absolute atomic E-state index is 0.202. The molecule has 2 aromatic heterocycles. The van der Waals surface area contributed by atoms with Gasteiger partial charge in [-0.2, -0.15) is 10.1 Å². The highest BCUT2D eigenvalue weighted by molar-refractivity contribution is 9.10. The second kappa shape index (κ2) is 8.96. The van der Waals surface area contributed by atoms with Crippen LogP contribution in [0.5, 0.6) is 11.6 Å². The van der Waals surface area contributed by atoms with Gasteiger partial charge in [0.05, 0.1) is 35.6 Å². The molecule has 0 amide bonds. The van der Waals surface area contributed by atoms with Gasteiger partial charge < -0.3 is 14.2 Å². The van der Waals surface area contributed by atoms with Crippen LogP contribution >= 0.6 is 27.3 Å². The summed E-state index contributed by atoms with van der Waals surface area (Å²) in [6.45, 7) is 10.3. The van der Waals surface area contributed by atoms with Gasteiger partial charge in [-0.1, -0.05) is 12.1 Å². The summed E-state index contributed by atoms with van der Waals surface area (Å²) >= 11 is 5.16. The third-order valence-corrected chi connectivity index (χ3v) is 6.30. The topological polar surface area (TPSA) is 62.2 Å². The van der Waals surface area contributed by atoms with Crippen molar-refractivity contribution in [2.45, 2.75) is 12.8 Å². The van der Waals surface area contributed by atoms with Crippen LogP contribution in [0.25, 0.3) is 15.4 Å². The molecule has 0 saturated carbocycles. The number of aliphatic imine (C=N–C) groups is 1. The maximum absolute atomic E-state index is 7.92. The molecule has 1 aliphatic rings. The van der Waals surface area contributed by atoms with Crippen molar-refractivity contribution >= 4 is 33.7 Å². The predicted octanol–water partition coefficient (Wildman–Crippen LogP) is 5.60. The van der Waals surface area contributed by atoms with Crippen molar-refractivity contribution in [3.05, 3.63) is 74.3 Å². The number of nitrogens with zero attached hydrogens (tertiary/aromatic N) is 4. The van der Waals surface area contributed by atoms with Crippen LogP contribution in [0, 0.1) is 6.57 Å². The van der Waals surface area contributed by atoms with Crippen molar-refractivity contribution < 1.29 is 14.2 Å². The number of thiophene rings is 1. The number of benzene rings is 1. The van der Waals surface area contributed by atoms with Crippen molar-refractivity contribution in [2.75, 3.05) is 13.7 Å². The van der Waals surface area contributed by atoms with E-state index in [0.717, 1.165) is 26.2 Å². The second-order valence-electron chi connectivity index (χ2n) is 6.59. The molecule has 0 radical (unpaired) electrons. The lowest BCUT2D eigenvalue weighted by Gasteiger charge is -2.25. The zero-order valence-corrected chi connectivity index (χ0v) is 19.5. The average Bonchev–Trinajstić information content (AvgIpc) is 3.41. The first kappa shape index (κ1) is 21.2. The molecule has 1 aliphatic heterocycles. The number of halogens is 1. The Morgan fingerprint density at radius 1 is 1.42 bits per heavy atom. The Bertz CT molecular complexity index is 1210. The highest BCUT2D eigenvalue weighted by atomic mass is 79.9. The summed E-state index contributed by atoms with van der Waals surface area (Å²) in [5.74, 6) is 1.05. The van der Waals surface area contributed by atoms with E-state index in [9.17, 15) is 0 Å². The Hall–Kier alpha value is -3.09. The van der Waals surface area contributed by atoms with Crippen LogP contribution in [-0.2, 0) is 11.8 Å². The second-order valence-corrected chi connectivity index (χ2v) is 8.39. The van der Waals surface area contributed by atoms with E-state index in [1.165, 1.54) is 6.40 Å². The van der Waals surface area contributed by atoms with E-state index < -0.39 is 5.92 Å². The first-order valence-corrected chi connectivity index (χ1v) is 11.1. The molecule has 0 aliphatic carbocycles. The standard InChI is InChI=1S/C22H19BrN4O3S/c1-5-29-12-25-21-20(24-2)17(13-8-9-15(28-4)14(23)11-13)18-19(16-7-6-10-31-16)26-27(3)22(18)30-21/h6-12,17H,5H2,1,3-4H3. The summed E-state index contributed by atoms with van der Waals surface area (Å²) in [5.41, 5.74) is 2.89. The smallest absolute Gasteiger partial charge is 0.237 e. The highest BCUT2D eigenvalue weighted by Crippen LogP contribution is 2.49. The molecule has 3 aromatic rings. The van der Waals surface area contributed by atoms with E-state index in [4.69, 9.17) is 25.9 Å². The summed E-state index contributed by atoms with van der Waals surface area (Å²) in [6, 6.07) is 9.77. The number of hydrogen-bond donors (Lipinski definition) is 0. The van der Waals surface area contributed by atoms with Crippen LogP contribution in [0.1, 0.15) is 24.0 Å². The minimum atomic E-state index is -0.414. The van der Waals surface area contributed by atoms with E-state index >= 15 is 0 Å². The molecule has 1 atom stereocenters. The molecule has 0 spiro atoms. The SMILES string of the molecule is [C-]#[N+]C1=C(N=COCC)Oc2c(c(-c3cccs3)nn2C)C1c1ccc(OC)c(Br)c1. The van der Waals surface area contributed by atoms with E-state index in [-0.39, 0.29) is 5.88 Å². The Labute approximate surface area is 192 Å². The number of aryl methyl sites for hydroxylation is 1. The number of ether oxygens (including phenoxy) is 3. The predicted molar refractivity (Wildman–Crippen MR) is 123 cm³/mol. The van der Waals surface area contributed by atoms with Crippen LogP contribution in [0.2, 0.25) is 0 Å². The van der Waals surface area contributed by atoms with Gasteiger partial charge in [-0.05, 0) is 52.0 Å². The number of allylic oxidation sites excluding steroid dienone is 1. The fraction of sp³-hybridized carbons (Fsp3) is 0.227. The normalized spacial score (nSPS) is 15.5. The molecular weight excluding hydrogens is 480 g/mol. The van der Waals surface area contributed by atoms with Gasteiger partial charge in [0, 0.05) is 12.6 Å². The van der Waals surface area contributed by atoms with Gasteiger partial charge in [-0.25, -0.2) is 9.53 Å². The summed E-state index contributed by atoms with van der Waals surface area (Å²) in [4.78, 5) is 9.12. The molecule has 1 unspecified atom stereocenters. The van der Waals surface area contributed by atoms with Crippen LogP contribution < -0.4 is 9.47 Å². The van der Waals surface area contributed by atoms with Gasteiger partial charge in [0.15, 0.2) is 6.40 Å². The molecule has 3 heterocycles. The molecule has 0 N–H and O–H groups in total. The van der Waals surface area contributed by atoms with E-state index in [2.05, 4.69) is 25.8 Å². The van der Waals surface area contributed by atoms with Gasteiger partial charge in [-0.3, -0.25) is 0 Å².